The highest BCUT2D eigenvalue weighted by Gasteiger charge is 2.31. The lowest BCUT2D eigenvalue weighted by Gasteiger charge is -2.38. The normalized spacial score (nSPS) is 18.9. The second-order valence-electron chi connectivity index (χ2n) is 5.83. The summed E-state index contributed by atoms with van der Waals surface area (Å²) in [5.41, 5.74) is 0. The van der Waals surface area contributed by atoms with Crippen LogP contribution in [0, 0.1) is 12.8 Å². The van der Waals surface area contributed by atoms with Crippen molar-refractivity contribution in [3.8, 4) is 0 Å². The maximum atomic E-state index is 12.1. The third-order valence-electron chi connectivity index (χ3n) is 4.08. The zero-order chi connectivity index (χ0) is 15.5. The van der Waals surface area contributed by atoms with Crippen molar-refractivity contribution in [1.29, 1.82) is 0 Å². The van der Waals surface area contributed by atoms with E-state index in [4.69, 9.17) is 4.52 Å². The van der Waals surface area contributed by atoms with E-state index < -0.39 is 0 Å². The maximum Gasteiger partial charge on any atom is 0.239 e. The number of hydrogen-bond donors (Lipinski definition) is 2. The van der Waals surface area contributed by atoms with Crippen LogP contribution in [0.4, 0.5) is 5.82 Å². The van der Waals surface area contributed by atoms with E-state index in [0.29, 0.717) is 31.2 Å². The fourth-order valence-corrected chi connectivity index (χ4v) is 2.66. The molecule has 0 saturated carbocycles. The highest BCUT2D eigenvalue weighted by molar-refractivity contribution is 5.91. The fraction of sp³-hybridized carbons (Fsp3) is 0.643. The molecule has 0 unspecified atom stereocenters. The van der Waals surface area contributed by atoms with Crippen LogP contribution in [0.3, 0.4) is 0 Å². The van der Waals surface area contributed by atoms with Crippen LogP contribution in [0.25, 0.3) is 0 Å². The molecule has 2 aliphatic heterocycles. The molecule has 8 nitrogen and oxygen atoms in total. The van der Waals surface area contributed by atoms with Gasteiger partial charge in [-0.15, -0.1) is 12.4 Å². The Kier molecular flexibility index (Phi) is 5.97. The van der Waals surface area contributed by atoms with Gasteiger partial charge in [-0.2, -0.15) is 0 Å². The van der Waals surface area contributed by atoms with E-state index in [0.717, 1.165) is 26.2 Å². The number of piperazine rings is 1. The lowest BCUT2D eigenvalue weighted by Crippen LogP contribution is -2.57. The van der Waals surface area contributed by atoms with E-state index in [9.17, 15) is 9.59 Å². The Labute approximate surface area is 140 Å². The summed E-state index contributed by atoms with van der Waals surface area (Å²) in [6, 6.07) is 1.68. The summed E-state index contributed by atoms with van der Waals surface area (Å²) in [5.74, 6) is 1.36. The summed E-state index contributed by atoms with van der Waals surface area (Å²) in [6.45, 7) is 6.47. The van der Waals surface area contributed by atoms with Crippen LogP contribution in [0.15, 0.2) is 10.6 Å². The first-order valence-electron chi connectivity index (χ1n) is 7.57. The van der Waals surface area contributed by atoms with Gasteiger partial charge in [0.15, 0.2) is 5.82 Å². The van der Waals surface area contributed by atoms with Gasteiger partial charge < -0.3 is 20.1 Å². The summed E-state index contributed by atoms with van der Waals surface area (Å²) < 4.78 is 4.91. The molecule has 23 heavy (non-hydrogen) atoms. The molecular formula is C14H22ClN5O3. The first kappa shape index (κ1) is 17.7. The number of rotatable bonds is 4. The Hall–Kier alpha value is -1.64. The van der Waals surface area contributed by atoms with Gasteiger partial charge in [0.1, 0.15) is 5.76 Å². The summed E-state index contributed by atoms with van der Waals surface area (Å²) in [4.78, 5) is 28.0. The zero-order valence-electron chi connectivity index (χ0n) is 13.1. The lowest BCUT2D eigenvalue weighted by atomic mass is 10.0. The fourth-order valence-electron chi connectivity index (χ4n) is 2.66. The molecule has 1 aromatic heterocycles. The van der Waals surface area contributed by atoms with Crippen LogP contribution >= 0.6 is 12.4 Å². The quantitative estimate of drug-likeness (QED) is 0.780. The minimum Gasteiger partial charge on any atom is -0.360 e. The Morgan fingerprint density at radius 2 is 2.04 bits per heavy atom. The Balaban J connectivity index is 0.00000192. The van der Waals surface area contributed by atoms with Crippen LogP contribution in [-0.2, 0) is 9.59 Å². The van der Waals surface area contributed by atoms with Crippen LogP contribution in [-0.4, -0.2) is 72.6 Å². The number of aromatic nitrogens is 1. The van der Waals surface area contributed by atoms with Crippen molar-refractivity contribution in [1.82, 2.24) is 20.3 Å². The van der Waals surface area contributed by atoms with E-state index in [1.165, 1.54) is 0 Å². The van der Waals surface area contributed by atoms with Crippen molar-refractivity contribution >= 4 is 30.0 Å². The van der Waals surface area contributed by atoms with Crippen molar-refractivity contribution in [2.75, 3.05) is 51.1 Å². The van der Waals surface area contributed by atoms with Crippen molar-refractivity contribution in [3.05, 3.63) is 11.8 Å². The van der Waals surface area contributed by atoms with Gasteiger partial charge in [0, 0.05) is 45.3 Å². The number of hydrogen-bond acceptors (Lipinski definition) is 6. The predicted molar refractivity (Wildman–Crippen MR) is 86.5 cm³/mol. The average molecular weight is 344 g/mol. The first-order valence-corrected chi connectivity index (χ1v) is 7.57. The number of halogens is 1. The molecule has 0 bridgehead atoms. The van der Waals surface area contributed by atoms with Crippen molar-refractivity contribution in [3.63, 3.8) is 0 Å². The first-order chi connectivity index (χ1) is 10.6. The summed E-state index contributed by atoms with van der Waals surface area (Å²) in [7, 11) is 0. The van der Waals surface area contributed by atoms with E-state index >= 15 is 0 Å². The molecule has 2 amide bonds. The Morgan fingerprint density at radius 1 is 1.35 bits per heavy atom. The molecule has 2 saturated heterocycles. The third-order valence-corrected chi connectivity index (χ3v) is 4.08. The SMILES string of the molecule is Cc1cc(NC(=O)CN2CCN(C(=O)C3CNC3)CC2)no1.Cl. The van der Waals surface area contributed by atoms with E-state index in [2.05, 4.69) is 15.8 Å². The molecule has 0 spiro atoms. The Bertz CT molecular complexity index is 552. The largest absolute Gasteiger partial charge is 0.360 e. The second kappa shape index (κ2) is 7.76. The third kappa shape index (κ3) is 4.43. The molecule has 0 radical (unpaired) electrons. The van der Waals surface area contributed by atoms with Gasteiger partial charge >= 0.3 is 0 Å². The summed E-state index contributed by atoms with van der Waals surface area (Å²) >= 11 is 0. The van der Waals surface area contributed by atoms with Gasteiger partial charge in [0.05, 0.1) is 12.5 Å². The van der Waals surface area contributed by atoms with Crippen LogP contribution in [0.5, 0.6) is 0 Å². The number of carbonyl (C=O) groups is 2. The molecular weight excluding hydrogens is 322 g/mol. The van der Waals surface area contributed by atoms with Gasteiger partial charge in [-0.1, -0.05) is 5.16 Å². The second-order valence-corrected chi connectivity index (χ2v) is 5.83. The minimum atomic E-state index is -0.115. The maximum absolute atomic E-state index is 12.1. The van der Waals surface area contributed by atoms with Gasteiger partial charge in [-0.3, -0.25) is 14.5 Å². The van der Waals surface area contributed by atoms with E-state index in [-0.39, 0.29) is 30.1 Å². The lowest BCUT2D eigenvalue weighted by molar-refractivity contribution is -0.138. The molecule has 9 heteroatoms. The molecule has 0 atom stereocenters. The van der Waals surface area contributed by atoms with Crippen molar-refractivity contribution in [2.45, 2.75) is 6.92 Å². The molecule has 2 N–H and O–H groups in total. The van der Waals surface area contributed by atoms with E-state index in [1.54, 1.807) is 13.0 Å². The molecule has 1 aromatic rings. The number of amides is 2. The molecule has 2 aliphatic rings. The number of anilines is 1. The molecule has 2 fully saturated rings. The molecule has 3 heterocycles. The molecule has 128 valence electrons. The highest BCUT2D eigenvalue weighted by atomic mass is 35.5. The number of aryl methyl sites for hydroxylation is 1. The van der Waals surface area contributed by atoms with Gasteiger partial charge in [0.2, 0.25) is 11.8 Å². The van der Waals surface area contributed by atoms with Crippen LogP contribution in [0.1, 0.15) is 5.76 Å². The van der Waals surface area contributed by atoms with Gasteiger partial charge in [-0.05, 0) is 6.92 Å². The monoisotopic (exact) mass is 343 g/mol. The minimum absolute atomic E-state index is 0. The van der Waals surface area contributed by atoms with E-state index in [1.807, 2.05) is 9.80 Å². The summed E-state index contributed by atoms with van der Waals surface area (Å²) in [5, 5.41) is 9.56. The smallest absolute Gasteiger partial charge is 0.239 e. The van der Waals surface area contributed by atoms with Crippen LogP contribution in [0.2, 0.25) is 0 Å². The highest BCUT2D eigenvalue weighted by Crippen LogP contribution is 2.11. The van der Waals surface area contributed by atoms with Gasteiger partial charge in [0.25, 0.3) is 0 Å². The van der Waals surface area contributed by atoms with Crippen LogP contribution < -0.4 is 10.6 Å². The van der Waals surface area contributed by atoms with Crippen molar-refractivity contribution < 1.29 is 14.1 Å². The molecule has 0 aromatic carbocycles. The molecule has 0 aliphatic carbocycles. The summed E-state index contributed by atoms with van der Waals surface area (Å²) in [6.07, 6.45) is 0. The average Bonchev–Trinajstić information content (AvgIpc) is 2.82. The standard InChI is InChI=1S/C14H21N5O3.ClH/c1-10-6-12(17-22-10)16-13(20)9-18-2-4-19(5-3-18)14(21)11-7-15-8-11;/h6,11,15H,2-5,7-9H2,1H3,(H,16,17,20);1H. The zero-order valence-corrected chi connectivity index (χ0v) is 13.9. The van der Waals surface area contributed by atoms with Gasteiger partial charge in [-0.25, -0.2) is 0 Å². The predicted octanol–water partition coefficient (Wildman–Crippen LogP) is -0.293. The molecule has 3 rings (SSSR count). The van der Waals surface area contributed by atoms with Crippen molar-refractivity contribution in [2.24, 2.45) is 5.92 Å². The number of nitrogens with one attached hydrogen (secondary N) is 2. The number of carbonyl (C=O) groups excluding carboxylic acids is 2. The number of nitrogens with zero attached hydrogens (tertiary/aromatic N) is 3. The topological polar surface area (TPSA) is 90.7 Å². The Morgan fingerprint density at radius 3 is 2.57 bits per heavy atom.